The van der Waals surface area contributed by atoms with Crippen LogP contribution in [0, 0.1) is 46.3 Å². The normalized spacial score (nSPS) is 43.6. The van der Waals surface area contributed by atoms with Gasteiger partial charge in [0.25, 0.3) is 0 Å². The highest BCUT2D eigenvalue weighted by atomic mass is 16.4. The van der Waals surface area contributed by atoms with Crippen LogP contribution in [0.4, 0.5) is 0 Å². The highest BCUT2D eigenvalue weighted by molar-refractivity contribution is 5.83. The fraction of sp³-hybridized carbons (Fsp3) is 0.931. The minimum absolute atomic E-state index is 0.126. The minimum Gasteiger partial charge on any atom is -0.480 e. The van der Waals surface area contributed by atoms with Crippen molar-refractivity contribution in [3.8, 4) is 0 Å². The Morgan fingerprint density at radius 1 is 1.03 bits per heavy atom. The standard InChI is InChI=1S/C29H50N2O5/c1-17(6-11-26(34)31-24(27(35)36)5-4-14-30)21-9-10-22-20-8-7-18-15-19(32)12-13-28(18,2)23(20)16-25(33)29(21,22)3/h17-25,32-33H,4-16,30H2,1-3H3,(H,31,34)(H,35,36)/t17-,18-,19-,20+,21-,22+,23+,24+,25+,28+,29-/m1/s1. The number of fused-ring (bicyclic) bond motifs is 5. The number of carbonyl (C=O) groups excluding carboxylic acids is 1. The summed E-state index contributed by atoms with van der Waals surface area (Å²) in [6, 6.07) is -0.876. The molecule has 7 nitrogen and oxygen atoms in total. The number of aliphatic carboxylic acids is 1. The molecule has 7 heteroatoms. The second-order valence-electron chi connectivity index (χ2n) is 13.3. The third kappa shape index (κ3) is 4.96. The zero-order chi connectivity index (χ0) is 26.3. The summed E-state index contributed by atoms with van der Waals surface area (Å²) in [4.78, 5) is 24.0. The second-order valence-corrected chi connectivity index (χ2v) is 13.3. The van der Waals surface area contributed by atoms with Crippen LogP contribution in [0.15, 0.2) is 0 Å². The zero-order valence-electron chi connectivity index (χ0n) is 22.6. The van der Waals surface area contributed by atoms with Crippen molar-refractivity contribution in [3.05, 3.63) is 0 Å². The quantitative estimate of drug-likeness (QED) is 0.324. The lowest BCUT2D eigenvalue weighted by atomic mass is 9.43. The van der Waals surface area contributed by atoms with Gasteiger partial charge in [0.15, 0.2) is 0 Å². The number of aliphatic hydroxyl groups is 2. The van der Waals surface area contributed by atoms with E-state index in [0.717, 1.165) is 38.5 Å². The van der Waals surface area contributed by atoms with E-state index in [1.807, 2.05) is 0 Å². The molecule has 36 heavy (non-hydrogen) atoms. The lowest BCUT2D eigenvalue weighted by Crippen LogP contribution is -2.58. The summed E-state index contributed by atoms with van der Waals surface area (Å²) in [7, 11) is 0. The Bertz CT molecular complexity index is 807. The number of hydrogen-bond acceptors (Lipinski definition) is 5. The number of hydrogen-bond donors (Lipinski definition) is 5. The molecule has 0 radical (unpaired) electrons. The molecular weight excluding hydrogens is 456 g/mol. The maximum absolute atomic E-state index is 12.6. The van der Waals surface area contributed by atoms with E-state index in [-0.39, 0.29) is 28.9 Å². The van der Waals surface area contributed by atoms with E-state index in [0.29, 0.717) is 67.7 Å². The summed E-state index contributed by atoms with van der Waals surface area (Å²) in [5.41, 5.74) is 5.61. The monoisotopic (exact) mass is 506 g/mol. The minimum atomic E-state index is -1.01. The van der Waals surface area contributed by atoms with E-state index >= 15 is 0 Å². The highest BCUT2D eigenvalue weighted by Crippen LogP contribution is 2.68. The number of carboxylic acid groups (broad SMARTS) is 1. The van der Waals surface area contributed by atoms with Crippen LogP contribution in [0.1, 0.15) is 97.8 Å². The molecule has 4 aliphatic rings. The molecule has 6 N–H and O–H groups in total. The van der Waals surface area contributed by atoms with Crippen molar-refractivity contribution in [1.82, 2.24) is 5.32 Å². The van der Waals surface area contributed by atoms with Gasteiger partial charge >= 0.3 is 5.97 Å². The van der Waals surface area contributed by atoms with Crippen LogP contribution < -0.4 is 11.1 Å². The number of nitrogens with two attached hydrogens (primary N) is 1. The summed E-state index contributed by atoms with van der Waals surface area (Å²) in [6.45, 7) is 7.39. The molecular formula is C29H50N2O5. The topological polar surface area (TPSA) is 133 Å². The molecule has 4 aliphatic carbocycles. The van der Waals surface area contributed by atoms with Gasteiger partial charge in [-0.2, -0.15) is 0 Å². The molecule has 4 rings (SSSR count). The van der Waals surface area contributed by atoms with Crippen molar-refractivity contribution in [2.45, 2.75) is 116 Å². The molecule has 0 aromatic rings. The van der Waals surface area contributed by atoms with Gasteiger partial charge in [0.2, 0.25) is 5.91 Å². The molecule has 0 spiro atoms. The smallest absolute Gasteiger partial charge is 0.326 e. The molecule has 4 fully saturated rings. The first-order chi connectivity index (χ1) is 17.0. The number of rotatable bonds is 9. The van der Waals surface area contributed by atoms with E-state index in [9.17, 15) is 24.9 Å². The summed E-state index contributed by atoms with van der Waals surface area (Å²) in [5.74, 6) is 1.73. The summed E-state index contributed by atoms with van der Waals surface area (Å²) >= 11 is 0. The average molecular weight is 507 g/mol. The van der Waals surface area contributed by atoms with Crippen molar-refractivity contribution in [1.29, 1.82) is 0 Å². The molecule has 0 bridgehead atoms. The van der Waals surface area contributed by atoms with Crippen LogP contribution in [-0.4, -0.2) is 52.0 Å². The zero-order valence-corrected chi connectivity index (χ0v) is 22.6. The summed E-state index contributed by atoms with van der Waals surface area (Å²) in [6.07, 6.45) is 9.88. The van der Waals surface area contributed by atoms with Crippen LogP contribution in [-0.2, 0) is 9.59 Å². The van der Waals surface area contributed by atoms with Crippen LogP contribution in [0.3, 0.4) is 0 Å². The number of aliphatic hydroxyl groups excluding tert-OH is 2. The van der Waals surface area contributed by atoms with E-state index in [1.165, 1.54) is 12.8 Å². The Balaban J connectivity index is 1.40. The number of carboxylic acids is 1. The Hall–Kier alpha value is -1.18. The Labute approximate surface area is 217 Å². The third-order valence-electron chi connectivity index (χ3n) is 11.7. The van der Waals surface area contributed by atoms with Crippen molar-refractivity contribution >= 4 is 11.9 Å². The molecule has 0 saturated heterocycles. The van der Waals surface area contributed by atoms with Gasteiger partial charge < -0.3 is 26.4 Å². The van der Waals surface area contributed by atoms with Crippen molar-refractivity contribution in [2.24, 2.45) is 52.1 Å². The van der Waals surface area contributed by atoms with Gasteiger partial charge in [0.05, 0.1) is 12.2 Å². The van der Waals surface area contributed by atoms with Gasteiger partial charge in [-0.05, 0) is 124 Å². The van der Waals surface area contributed by atoms with Gasteiger partial charge in [-0.1, -0.05) is 20.8 Å². The third-order valence-corrected chi connectivity index (χ3v) is 11.7. The Kier molecular flexibility index (Phi) is 8.43. The number of nitrogens with one attached hydrogen (secondary N) is 1. The molecule has 0 aromatic heterocycles. The SMILES string of the molecule is C[C@H](CCC(=O)N[C@@H](CCCN)C(=O)O)[C@H]1CC[C@H]2[C@@H]3CC[C@@H]4C[C@H](O)CC[C@]4(C)[C@H]3C[C@H](O)[C@]12C. The van der Waals surface area contributed by atoms with Crippen LogP contribution >= 0.6 is 0 Å². The fourth-order valence-corrected chi connectivity index (χ4v) is 9.57. The van der Waals surface area contributed by atoms with E-state index in [4.69, 9.17) is 5.73 Å². The van der Waals surface area contributed by atoms with Crippen LogP contribution in [0.25, 0.3) is 0 Å². The Morgan fingerprint density at radius 2 is 1.78 bits per heavy atom. The lowest BCUT2D eigenvalue weighted by Gasteiger charge is -2.62. The first-order valence-electron chi connectivity index (χ1n) is 14.6. The molecule has 206 valence electrons. The molecule has 1 amide bonds. The van der Waals surface area contributed by atoms with Gasteiger partial charge in [-0.25, -0.2) is 4.79 Å². The molecule has 0 aromatic carbocycles. The van der Waals surface area contributed by atoms with Crippen molar-refractivity contribution < 1.29 is 24.9 Å². The predicted molar refractivity (Wildman–Crippen MR) is 139 cm³/mol. The van der Waals surface area contributed by atoms with Gasteiger partial charge in [0, 0.05) is 6.42 Å². The van der Waals surface area contributed by atoms with Gasteiger partial charge in [0.1, 0.15) is 6.04 Å². The number of amides is 1. The van der Waals surface area contributed by atoms with E-state index < -0.39 is 12.0 Å². The summed E-state index contributed by atoms with van der Waals surface area (Å²) < 4.78 is 0. The van der Waals surface area contributed by atoms with Crippen LogP contribution in [0.2, 0.25) is 0 Å². The van der Waals surface area contributed by atoms with Crippen molar-refractivity contribution in [2.75, 3.05) is 6.54 Å². The molecule has 4 saturated carbocycles. The molecule has 11 atom stereocenters. The molecule has 0 heterocycles. The predicted octanol–water partition coefficient (Wildman–Crippen LogP) is 3.70. The molecule has 0 aliphatic heterocycles. The average Bonchev–Trinajstić information content (AvgIpc) is 3.20. The maximum Gasteiger partial charge on any atom is 0.326 e. The van der Waals surface area contributed by atoms with Gasteiger partial charge in [-0.15, -0.1) is 0 Å². The van der Waals surface area contributed by atoms with Crippen LogP contribution in [0.5, 0.6) is 0 Å². The van der Waals surface area contributed by atoms with E-state index in [1.54, 1.807) is 0 Å². The van der Waals surface area contributed by atoms with E-state index in [2.05, 4.69) is 26.1 Å². The second kappa shape index (κ2) is 10.9. The maximum atomic E-state index is 12.6. The highest BCUT2D eigenvalue weighted by Gasteiger charge is 2.63. The number of carbonyl (C=O) groups is 2. The lowest BCUT2D eigenvalue weighted by molar-refractivity contribution is -0.175. The molecule has 0 unspecified atom stereocenters. The first kappa shape index (κ1) is 27.8. The Morgan fingerprint density at radius 3 is 2.47 bits per heavy atom. The fourth-order valence-electron chi connectivity index (χ4n) is 9.57. The van der Waals surface area contributed by atoms with Crippen molar-refractivity contribution in [3.63, 3.8) is 0 Å². The van der Waals surface area contributed by atoms with Gasteiger partial charge in [-0.3, -0.25) is 4.79 Å². The largest absolute Gasteiger partial charge is 0.480 e. The first-order valence-corrected chi connectivity index (χ1v) is 14.6. The summed E-state index contributed by atoms with van der Waals surface area (Å²) in [5, 5.41) is 34.1.